The molecule has 2 heterocycles. The van der Waals surface area contributed by atoms with Crippen molar-refractivity contribution in [2.75, 3.05) is 0 Å². The Kier molecular flexibility index (Phi) is 2.06. The fourth-order valence-electron chi connectivity index (χ4n) is 2.15. The van der Waals surface area contributed by atoms with E-state index in [2.05, 4.69) is 29.0 Å². The van der Waals surface area contributed by atoms with Gasteiger partial charge >= 0.3 is 0 Å². The van der Waals surface area contributed by atoms with Gasteiger partial charge in [-0.3, -0.25) is 4.98 Å². The average Bonchev–Trinajstić information content (AvgIpc) is 2.67. The molecule has 3 rings (SSSR count). The number of hydrogen-bond acceptors (Lipinski definition) is 3. The van der Waals surface area contributed by atoms with Gasteiger partial charge in [0.15, 0.2) is 5.89 Å². The summed E-state index contributed by atoms with van der Waals surface area (Å²) in [6, 6.07) is 4.21. The molecule has 2 aromatic rings. The molecule has 0 N–H and O–H groups in total. The topological polar surface area (TPSA) is 38.9 Å². The van der Waals surface area contributed by atoms with Crippen LogP contribution in [0.15, 0.2) is 16.5 Å². The minimum absolute atomic E-state index is 0.791. The molecule has 1 aliphatic rings. The zero-order chi connectivity index (χ0) is 11.1. The Hall–Kier alpha value is -1.64. The van der Waals surface area contributed by atoms with Crippen molar-refractivity contribution in [2.45, 2.75) is 33.1 Å². The molecule has 0 amide bonds. The number of rotatable bonds is 1. The maximum atomic E-state index is 5.70. The molecule has 0 aliphatic heterocycles. The van der Waals surface area contributed by atoms with Crippen molar-refractivity contribution in [1.29, 1.82) is 0 Å². The Morgan fingerprint density at radius 1 is 1.19 bits per heavy atom. The third kappa shape index (κ3) is 1.43. The van der Waals surface area contributed by atoms with Crippen molar-refractivity contribution >= 4 is 0 Å². The zero-order valence-corrected chi connectivity index (χ0v) is 9.58. The summed E-state index contributed by atoms with van der Waals surface area (Å²) in [7, 11) is 0. The first kappa shape index (κ1) is 9.58. The van der Waals surface area contributed by atoms with E-state index in [4.69, 9.17) is 4.42 Å². The SMILES string of the molecule is CCc1nc2c(o1)Cc1nc(C)ccc1C2. The highest BCUT2D eigenvalue weighted by molar-refractivity contribution is 5.36. The van der Waals surface area contributed by atoms with E-state index in [0.717, 1.165) is 48.0 Å². The molecule has 16 heavy (non-hydrogen) atoms. The van der Waals surface area contributed by atoms with Gasteiger partial charge in [0.1, 0.15) is 5.76 Å². The highest BCUT2D eigenvalue weighted by Gasteiger charge is 2.21. The normalized spacial score (nSPS) is 13.4. The van der Waals surface area contributed by atoms with Crippen LogP contribution in [0.4, 0.5) is 0 Å². The van der Waals surface area contributed by atoms with Crippen LogP contribution in [-0.2, 0) is 19.3 Å². The summed E-state index contributed by atoms with van der Waals surface area (Å²) in [6.07, 6.45) is 2.51. The maximum absolute atomic E-state index is 5.70. The van der Waals surface area contributed by atoms with Crippen LogP contribution in [-0.4, -0.2) is 9.97 Å². The highest BCUT2D eigenvalue weighted by Crippen LogP contribution is 2.26. The summed E-state index contributed by atoms with van der Waals surface area (Å²) in [5, 5.41) is 0. The van der Waals surface area contributed by atoms with Gasteiger partial charge in [0.2, 0.25) is 0 Å². The second-order valence-corrected chi connectivity index (χ2v) is 4.24. The lowest BCUT2D eigenvalue weighted by atomic mass is 9.97. The van der Waals surface area contributed by atoms with Gasteiger partial charge in [0.05, 0.1) is 17.8 Å². The second-order valence-electron chi connectivity index (χ2n) is 4.24. The van der Waals surface area contributed by atoms with Crippen LogP contribution in [0.5, 0.6) is 0 Å². The molecule has 0 aromatic carbocycles. The maximum Gasteiger partial charge on any atom is 0.194 e. The standard InChI is InChI=1S/C13H14N2O/c1-3-13-15-11-6-9-5-4-8(2)14-10(9)7-12(11)16-13/h4-5H,3,6-7H2,1-2H3. The van der Waals surface area contributed by atoms with Gasteiger partial charge in [-0.2, -0.15) is 0 Å². The van der Waals surface area contributed by atoms with Crippen LogP contribution in [0, 0.1) is 6.92 Å². The second kappa shape index (κ2) is 3.44. The Balaban J connectivity index is 2.04. The van der Waals surface area contributed by atoms with Crippen molar-refractivity contribution in [3.05, 3.63) is 46.4 Å². The lowest BCUT2D eigenvalue weighted by molar-refractivity contribution is 0.463. The number of aryl methyl sites for hydroxylation is 2. The van der Waals surface area contributed by atoms with E-state index in [0.29, 0.717) is 0 Å². The molecule has 0 spiro atoms. The number of nitrogens with zero attached hydrogens (tertiary/aromatic N) is 2. The number of aromatic nitrogens is 2. The zero-order valence-electron chi connectivity index (χ0n) is 9.58. The van der Waals surface area contributed by atoms with Gasteiger partial charge in [-0.15, -0.1) is 0 Å². The fourth-order valence-corrected chi connectivity index (χ4v) is 2.15. The highest BCUT2D eigenvalue weighted by atomic mass is 16.4. The molecule has 3 heteroatoms. The number of fused-ring (bicyclic) bond motifs is 2. The van der Waals surface area contributed by atoms with Gasteiger partial charge in [-0.25, -0.2) is 4.98 Å². The van der Waals surface area contributed by atoms with Crippen molar-refractivity contribution in [3.63, 3.8) is 0 Å². The van der Waals surface area contributed by atoms with E-state index in [1.54, 1.807) is 0 Å². The molecule has 0 unspecified atom stereocenters. The third-order valence-electron chi connectivity index (χ3n) is 3.02. The lowest BCUT2D eigenvalue weighted by Gasteiger charge is -2.13. The van der Waals surface area contributed by atoms with Gasteiger partial charge in [-0.1, -0.05) is 13.0 Å². The van der Waals surface area contributed by atoms with Crippen LogP contribution < -0.4 is 0 Å². The Morgan fingerprint density at radius 2 is 2.06 bits per heavy atom. The molecular formula is C13H14N2O. The van der Waals surface area contributed by atoms with Gasteiger partial charge < -0.3 is 4.42 Å². The van der Waals surface area contributed by atoms with E-state index < -0.39 is 0 Å². The number of oxazole rings is 1. The van der Waals surface area contributed by atoms with Gasteiger partial charge in [0.25, 0.3) is 0 Å². The van der Waals surface area contributed by atoms with Crippen molar-refractivity contribution in [1.82, 2.24) is 9.97 Å². The van der Waals surface area contributed by atoms with E-state index >= 15 is 0 Å². The number of pyridine rings is 1. The lowest BCUT2D eigenvalue weighted by Crippen LogP contribution is -2.08. The average molecular weight is 214 g/mol. The molecule has 0 radical (unpaired) electrons. The van der Waals surface area contributed by atoms with Crippen LogP contribution >= 0.6 is 0 Å². The summed E-state index contributed by atoms with van der Waals surface area (Å²) in [4.78, 5) is 9.06. The van der Waals surface area contributed by atoms with E-state index in [9.17, 15) is 0 Å². The Morgan fingerprint density at radius 3 is 2.88 bits per heavy atom. The first-order valence-electron chi connectivity index (χ1n) is 5.69. The predicted molar refractivity (Wildman–Crippen MR) is 60.5 cm³/mol. The molecule has 2 aromatic heterocycles. The third-order valence-corrected chi connectivity index (χ3v) is 3.02. The summed E-state index contributed by atoms with van der Waals surface area (Å²) in [6.45, 7) is 4.08. The van der Waals surface area contributed by atoms with Crippen LogP contribution in [0.1, 0.15) is 41.2 Å². The number of hydrogen-bond donors (Lipinski definition) is 0. The Bertz CT molecular complexity index is 543. The first-order chi connectivity index (χ1) is 7.76. The van der Waals surface area contributed by atoms with E-state index in [1.807, 2.05) is 6.92 Å². The van der Waals surface area contributed by atoms with E-state index in [-0.39, 0.29) is 0 Å². The van der Waals surface area contributed by atoms with Gasteiger partial charge in [-0.05, 0) is 18.6 Å². The van der Waals surface area contributed by atoms with Crippen LogP contribution in [0.2, 0.25) is 0 Å². The molecule has 0 fully saturated rings. The molecule has 0 bridgehead atoms. The van der Waals surface area contributed by atoms with Crippen molar-refractivity contribution < 1.29 is 4.42 Å². The summed E-state index contributed by atoms with van der Waals surface area (Å²) in [5.41, 5.74) is 4.59. The molecular weight excluding hydrogens is 200 g/mol. The fraction of sp³-hybridized carbons (Fsp3) is 0.385. The summed E-state index contributed by atoms with van der Waals surface area (Å²) >= 11 is 0. The quantitative estimate of drug-likeness (QED) is 0.624. The summed E-state index contributed by atoms with van der Waals surface area (Å²) < 4.78 is 5.70. The van der Waals surface area contributed by atoms with Gasteiger partial charge in [0, 0.05) is 18.5 Å². The van der Waals surface area contributed by atoms with Crippen LogP contribution in [0.3, 0.4) is 0 Å². The minimum atomic E-state index is 0.791. The molecule has 0 saturated carbocycles. The molecule has 0 saturated heterocycles. The molecule has 1 aliphatic carbocycles. The monoisotopic (exact) mass is 214 g/mol. The summed E-state index contributed by atoms with van der Waals surface area (Å²) in [5.74, 6) is 1.84. The van der Waals surface area contributed by atoms with Crippen molar-refractivity contribution in [3.8, 4) is 0 Å². The van der Waals surface area contributed by atoms with Crippen molar-refractivity contribution in [2.24, 2.45) is 0 Å². The Labute approximate surface area is 94.5 Å². The molecule has 3 nitrogen and oxygen atoms in total. The molecule has 82 valence electrons. The van der Waals surface area contributed by atoms with Crippen LogP contribution in [0.25, 0.3) is 0 Å². The van der Waals surface area contributed by atoms with E-state index in [1.165, 1.54) is 5.56 Å². The molecule has 0 atom stereocenters. The largest absolute Gasteiger partial charge is 0.445 e. The first-order valence-corrected chi connectivity index (χ1v) is 5.69. The smallest absolute Gasteiger partial charge is 0.194 e. The predicted octanol–water partition coefficient (Wildman–Crippen LogP) is 2.44. The minimum Gasteiger partial charge on any atom is -0.445 e.